The Morgan fingerprint density at radius 3 is 2.61 bits per heavy atom. The third-order valence-electron chi connectivity index (χ3n) is 2.92. The summed E-state index contributed by atoms with van der Waals surface area (Å²) in [5.41, 5.74) is 7.17. The zero-order valence-corrected chi connectivity index (χ0v) is 10.9. The molecule has 0 aliphatic rings. The van der Waals surface area contributed by atoms with E-state index < -0.39 is 0 Å². The molecule has 0 aliphatic heterocycles. The summed E-state index contributed by atoms with van der Waals surface area (Å²) in [5.74, 6) is 0.237. The fourth-order valence-electron chi connectivity index (χ4n) is 1.64. The van der Waals surface area contributed by atoms with Crippen molar-refractivity contribution in [2.45, 2.75) is 26.3 Å². The first kappa shape index (κ1) is 14.7. The van der Waals surface area contributed by atoms with Crippen molar-refractivity contribution in [2.24, 2.45) is 11.7 Å². The molecule has 1 unspecified atom stereocenters. The molecule has 0 radical (unpaired) electrons. The molecule has 1 amide bonds. The van der Waals surface area contributed by atoms with Gasteiger partial charge in [0.2, 0.25) is 0 Å². The molecule has 1 aromatic carbocycles. The topological polar surface area (TPSA) is 75.3 Å². The molecule has 0 aromatic heterocycles. The predicted octanol–water partition coefficient (Wildman–Crippen LogP) is 1.28. The highest BCUT2D eigenvalue weighted by atomic mass is 16.3. The summed E-state index contributed by atoms with van der Waals surface area (Å²) in [7, 11) is 0. The molecule has 1 atom stereocenters. The van der Waals surface area contributed by atoms with Gasteiger partial charge in [0.05, 0.1) is 0 Å². The number of nitrogens with two attached hydrogens (primary N) is 1. The number of aliphatic hydroxyl groups is 1. The van der Waals surface area contributed by atoms with Crippen molar-refractivity contribution in [1.29, 1.82) is 0 Å². The van der Waals surface area contributed by atoms with E-state index in [9.17, 15) is 4.79 Å². The molecule has 0 bridgehead atoms. The lowest BCUT2D eigenvalue weighted by Crippen LogP contribution is -2.24. The Morgan fingerprint density at radius 2 is 2.06 bits per heavy atom. The maximum Gasteiger partial charge on any atom is 0.251 e. The maximum absolute atomic E-state index is 11.8. The molecule has 1 rings (SSSR count). The second-order valence-corrected chi connectivity index (χ2v) is 4.59. The second-order valence-electron chi connectivity index (χ2n) is 4.59. The van der Waals surface area contributed by atoms with Gasteiger partial charge in [0.15, 0.2) is 0 Å². The number of nitrogens with one attached hydrogen (secondary N) is 1. The highest BCUT2D eigenvalue weighted by molar-refractivity contribution is 5.94. The SMILES string of the molecule is CC(CO)CCCNC(=O)c1ccc(CN)cc1. The van der Waals surface area contributed by atoms with Crippen molar-refractivity contribution >= 4 is 5.91 Å². The zero-order valence-electron chi connectivity index (χ0n) is 10.9. The number of aliphatic hydroxyl groups excluding tert-OH is 1. The van der Waals surface area contributed by atoms with Crippen molar-refractivity contribution in [3.63, 3.8) is 0 Å². The number of benzene rings is 1. The van der Waals surface area contributed by atoms with Crippen LogP contribution in [0.3, 0.4) is 0 Å². The summed E-state index contributed by atoms with van der Waals surface area (Å²) >= 11 is 0. The summed E-state index contributed by atoms with van der Waals surface area (Å²) in [6.07, 6.45) is 1.80. The van der Waals surface area contributed by atoms with Crippen LogP contribution in [-0.2, 0) is 6.54 Å². The number of rotatable bonds is 7. The van der Waals surface area contributed by atoms with Gasteiger partial charge in [-0.1, -0.05) is 19.1 Å². The Hall–Kier alpha value is -1.39. The smallest absolute Gasteiger partial charge is 0.251 e. The minimum atomic E-state index is -0.0600. The Bertz CT molecular complexity index is 363. The first-order valence-electron chi connectivity index (χ1n) is 6.35. The Balaban J connectivity index is 2.31. The van der Waals surface area contributed by atoms with Crippen LogP contribution in [0.15, 0.2) is 24.3 Å². The lowest BCUT2D eigenvalue weighted by molar-refractivity contribution is 0.0952. The maximum atomic E-state index is 11.8. The highest BCUT2D eigenvalue weighted by Crippen LogP contribution is 2.05. The van der Waals surface area contributed by atoms with Crippen molar-refractivity contribution < 1.29 is 9.90 Å². The van der Waals surface area contributed by atoms with E-state index in [1.54, 1.807) is 12.1 Å². The summed E-state index contributed by atoms with van der Waals surface area (Å²) in [5, 5.41) is 11.7. The van der Waals surface area contributed by atoms with Gasteiger partial charge in [-0.05, 0) is 36.5 Å². The van der Waals surface area contributed by atoms with Gasteiger partial charge in [-0.2, -0.15) is 0 Å². The van der Waals surface area contributed by atoms with Crippen LogP contribution >= 0.6 is 0 Å². The standard InChI is InChI=1S/C14H22N2O2/c1-11(10-17)3-2-8-16-14(18)13-6-4-12(9-15)5-7-13/h4-7,11,17H,2-3,8-10,15H2,1H3,(H,16,18). The largest absolute Gasteiger partial charge is 0.396 e. The van der Waals surface area contributed by atoms with E-state index in [2.05, 4.69) is 5.32 Å². The van der Waals surface area contributed by atoms with Gasteiger partial charge in [-0.25, -0.2) is 0 Å². The van der Waals surface area contributed by atoms with Crippen LogP contribution in [-0.4, -0.2) is 24.2 Å². The Kier molecular flexibility index (Phi) is 6.39. The molecule has 0 aliphatic carbocycles. The number of hydrogen-bond acceptors (Lipinski definition) is 3. The van der Waals surface area contributed by atoms with Crippen molar-refractivity contribution in [1.82, 2.24) is 5.32 Å². The molecular weight excluding hydrogens is 228 g/mol. The van der Waals surface area contributed by atoms with Crippen LogP contribution in [0.2, 0.25) is 0 Å². The zero-order chi connectivity index (χ0) is 13.4. The predicted molar refractivity (Wildman–Crippen MR) is 72.2 cm³/mol. The second kappa shape index (κ2) is 7.84. The lowest BCUT2D eigenvalue weighted by Gasteiger charge is -2.08. The van der Waals surface area contributed by atoms with Crippen molar-refractivity contribution in [3.05, 3.63) is 35.4 Å². The average molecular weight is 250 g/mol. The quantitative estimate of drug-likeness (QED) is 0.638. The van der Waals surface area contributed by atoms with Gasteiger partial charge in [0.25, 0.3) is 5.91 Å². The molecule has 0 saturated heterocycles. The molecular formula is C14H22N2O2. The van der Waals surface area contributed by atoms with Gasteiger partial charge in [0.1, 0.15) is 0 Å². The molecule has 4 heteroatoms. The van der Waals surface area contributed by atoms with E-state index in [0.717, 1.165) is 18.4 Å². The van der Waals surface area contributed by atoms with E-state index in [4.69, 9.17) is 10.8 Å². The third kappa shape index (κ3) is 4.85. The molecule has 0 spiro atoms. The van der Waals surface area contributed by atoms with Crippen molar-refractivity contribution in [2.75, 3.05) is 13.2 Å². The van der Waals surface area contributed by atoms with Crippen LogP contribution in [0.25, 0.3) is 0 Å². The number of amides is 1. The minimum Gasteiger partial charge on any atom is -0.396 e. The van der Waals surface area contributed by atoms with Gasteiger partial charge in [0, 0.05) is 25.3 Å². The fourth-order valence-corrected chi connectivity index (χ4v) is 1.64. The van der Waals surface area contributed by atoms with E-state index in [1.807, 2.05) is 19.1 Å². The molecule has 100 valence electrons. The lowest BCUT2D eigenvalue weighted by atomic mass is 10.1. The first-order valence-corrected chi connectivity index (χ1v) is 6.35. The van der Waals surface area contributed by atoms with Gasteiger partial charge >= 0.3 is 0 Å². The monoisotopic (exact) mass is 250 g/mol. The van der Waals surface area contributed by atoms with Crippen LogP contribution in [0.1, 0.15) is 35.7 Å². The summed E-state index contributed by atoms with van der Waals surface area (Å²) in [6.45, 7) is 3.32. The molecule has 0 saturated carbocycles. The molecule has 1 aromatic rings. The number of carbonyl (C=O) groups is 1. The highest BCUT2D eigenvalue weighted by Gasteiger charge is 2.05. The molecule has 0 fully saturated rings. The van der Waals surface area contributed by atoms with Crippen LogP contribution in [0.5, 0.6) is 0 Å². The van der Waals surface area contributed by atoms with E-state index in [0.29, 0.717) is 24.6 Å². The average Bonchev–Trinajstić information content (AvgIpc) is 2.43. The van der Waals surface area contributed by atoms with E-state index >= 15 is 0 Å². The molecule has 18 heavy (non-hydrogen) atoms. The number of hydrogen-bond donors (Lipinski definition) is 3. The fraction of sp³-hybridized carbons (Fsp3) is 0.500. The van der Waals surface area contributed by atoms with Crippen LogP contribution < -0.4 is 11.1 Å². The Morgan fingerprint density at radius 1 is 1.39 bits per heavy atom. The summed E-state index contributed by atoms with van der Waals surface area (Å²) < 4.78 is 0. The van der Waals surface area contributed by atoms with Crippen molar-refractivity contribution in [3.8, 4) is 0 Å². The normalized spacial score (nSPS) is 12.2. The summed E-state index contributed by atoms with van der Waals surface area (Å²) in [4.78, 5) is 11.8. The first-order chi connectivity index (χ1) is 8.67. The molecule has 4 nitrogen and oxygen atoms in total. The van der Waals surface area contributed by atoms with Gasteiger partial charge < -0.3 is 16.2 Å². The third-order valence-corrected chi connectivity index (χ3v) is 2.92. The molecule has 0 heterocycles. The Labute approximate surface area is 108 Å². The van der Waals surface area contributed by atoms with Gasteiger partial charge in [-0.15, -0.1) is 0 Å². The minimum absolute atomic E-state index is 0.0600. The van der Waals surface area contributed by atoms with Crippen LogP contribution in [0, 0.1) is 5.92 Å². The van der Waals surface area contributed by atoms with E-state index in [-0.39, 0.29) is 12.5 Å². The van der Waals surface area contributed by atoms with Gasteiger partial charge in [-0.3, -0.25) is 4.79 Å². The van der Waals surface area contributed by atoms with E-state index in [1.165, 1.54) is 0 Å². The molecule has 4 N–H and O–H groups in total. The summed E-state index contributed by atoms with van der Waals surface area (Å²) in [6, 6.07) is 7.30. The van der Waals surface area contributed by atoms with Crippen LogP contribution in [0.4, 0.5) is 0 Å². The number of carbonyl (C=O) groups excluding carboxylic acids is 1.